The van der Waals surface area contributed by atoms with Crippen LogP contribution in [0.15, 0.2) is 78.9 Å². The van der Waals surface area contributed by atoms with E-state index in [4.69, 9.17) is 9.72 Å². The van der Waals surface area contributed by atoms with Crippen LogP contribution in [0.25, 0.3) is 22.3 Å². The molecule has 136 valence electrons. The summed E-state index contributed by atoms with van der Waals surface area (Å²) in [5.41, 5.74) is 9.96. The van der Waals surface area contributed by atoms with Crippen LogP contribution in [0, 0.1) is 0 Å². The van der Waals surface area contributed by atoms with Gasteiger partial charge in [0.2, 0.25) is 5.88 Å². The summed E-state index contributed by atoms with van der Waals surface area (Å²) in [6.45, 7) is 0.0561. The third-order valence-electron chi connectivity index (χ3n) is 6.29. The highest BCUT2D eigenvalue weighted by atomic mass is 16.5. The molecule has 0 fully saturated rings. The molecule has 5 heteroatoms. The first-order valence-corrected chi connectivity index (χ1v) is 9.82. The minimum absolute atomic E-state index is 0.0561. The van der Waals surface area contributed by atoms with E-state index in [2.05, 4.69) is 82.4 Å². The number of benzene rings is 3. The Bertz CT molecular complexity index is 1340. The summed E-state index contributed by atoms with van der Waals surface area (Å²) in [6, 6.07) is 28.0. The fourth-order valence-electron chi connectivity index (χ4n) is 5.16. The van der Waals surface area contributed by atoms with Crippen LogP contribution in [0.2, 0.25) is 0 Å². The number of pyridine rings is 1. The minimum Gasteiger partial charge on any atom is -0.481 e. The molecular formula is C24H16BN3O. The average molecular weight is 373 g/mol. The van der Waals surface area contributed by atoms with Gasteiger partial charge in [-0.15, -0.1) is 0 Å². The average Bonchev–Trinajstić information content (AvgIpc) is 3.14. The van der Waals surface area contributed by atoms with E-state index in [-0.39, 0.29) is 6.98 Å². The lowest BCUT2D eigenvalue weighted by Gasteiger charge is -2.40. The lowest BCUT2D eigenvalue weighted by molar-refractivity contribution is 0.398. The molecule has 29 heavy (non-hydrogen) atoms. The number of methoxy groups -OCH3 is 1. The Hall–Kier alpha value is -3.73. The molecule has 0 amide bonds. The van der Waals surface area contributed by atoms with Gasteiger partial charge < -0.3 is 14.4 Å². The molecule has 3 aliphatic heterocycles. The van der Waals surface area contributed by atoms with E-state index >= 15 is 0 Å². The predicted molar refractivity (Wildman–Crippen MR) is 118 cm³/mol. The molecule has 0 saturated carbocycles. The zero-order chi connectivity index (χ0) is 19.1. The summed E-state index contributed by atoms with van der Waals surface area (Å²) in [6.07, 6.45) is 0. The van der Waals surface area contributed by atoms with E-state index in [0.717, 1.165) is 11.4 Å². The number of aromatic nitrogens is 1. The minimum atomic E-state index is 0.0561. The molecule has 0 bridgehead atoms. The van der Waals surface area contributed by atoms with Crippen LogP contribution >= 0.6 is 0 Å². The van der Waals surface area contributed by atoms with Crippen LogP contribution in [0.3, 0.4) is 0 Å². The van der Waals surface area contributed by atoms with Crippen LogP contribution in [-0.4, -0.2) is 19.1 Å². The van der Waals surface area contributed by atoms with Gasteiger partial charge in [-0.3, -0.25) is 0 Å². The Morgan fingerprint density at radius 2 is 1.31 bits per heavy atom. The number of anilines is 4. The van der Waals surface area contributed by atoms with Gasteiger partial charge in [-0.2, -0.15) is 4.98 Å². The molecule has 3 aliphatic rings. The van der Waals surface area contributed by atoms with E-state index in [1.54, 1.807) is 7.11 Å². The third kappa shape index (κ3) is 1.74. The van der Waals surface area contributed by atoms with Gasteiger partial charge in [-0.25, -0.2) is 0 Å². The Morgan fingerprint density at radius 1 is 0.655 bits per heavy atom. The van der Waals surface area contributed by atoms with Crippen molar-refractivity contribution in [3.8, 4) is 28.1 Å². The van der Waals surface area contributed by atoms with Crippen LogP contribution in [0.1, 0.15) is 0 Å². The maximum Gasteiger partial charge on any atom is 0.423 e. The van der Waals surface area contributed by atoms with Crippen molar-refractivity contribution < 1.29 is 4.74 Å². The first kappa shape index (κ1) is 15.2. The zero-order valence-corrected chi connectivity index (χ0v) is 15.8. The maximum absolute atomic E-state index is 5.47. The van der Waals surface area contributed by atoms with E-state index in [1.807, 2.05) is 6.07 Å². The van der Waals surface area contributed by atoms with Crippen LogP contribution < -0.4 is 19.8 Å². The van der Waals surface area contributed by atoms with Gasteiger partial charge in [0.25, 0.3) is 0 Å². The number of hydrogen-bond acceptors (Lipinski definition) is 4. The second-order valence-corrected chi connectivity index (χ2v) is 7.61. The smallest absolute Gasteiger partial charge is 0.423 e. The van der Waals surface area contributed by atoms with Crippen molar-refractivity contribution in [2.45, 2.75) is 0 Å². The van der Waals surface area contributed by atoms with Gasteiger partial charge in [0.1, 0.15) is 5.82 Å². The SMILES string of the molecule is COc1ccc2c(n1)N1B3c4c(cccc4-2)-c2ccccc2N3c2ccccc21. The number of para-hydroxylation sites is 3. The third-order valence-corrected chi connectivity index (χ3v) is 6.29. The highest BCUT2D eigenvalue weighted by Crippen LogP contribution is 2.54. The summed E-state index contributed by atoms with van der Waals surface area (Å²) >= 11 is 0. The summed E-state index contributed by atoms with van der Waals surface area (Å²) in [5.74, 6) is 1.59. The van der Waals surface area contributed by atoms with Gasteiger partial charge >= 0.3 is 6.98 Å². The topological polar surface area (TPSA) is 28.6 Å². The van der Waals surface area contributed by atoms with Crippen molar-refractivity contribution in [3.05, 3.63) is 78.9 Å². The van der Waals surface area contributed by atoms with Crippen molar-refractivity contribution in [3.63, 3.8) is 0 Å². The molecule has 0 spiro atoms. The van der Waals surface area contributed by atoms with Gasteiger partial charge in [0.05, 0.1) is 18.5 Å². The van der Waals surface area contributed by atoms with Crippen molar-refractivity contribution in [1.82, 2.24) is 4.98 Å². The van der Waals surface area contributed by atoms with Crippen LogP contribution in [0.4, 0.5) is 22.9 Å². The van der Waals surface area contributed by atoms with E-state index in [9.17, 15) is 0 Å². The van der Waals surface area contributed by atoms with Gasteiger partial charge in [-0.1, -0.05) is 48.5 Å². The van der Waals surface area contributed by atoms with Crippen molar-refractivity contribution in [2.24, 2.45) is 0 Å². The largest absolute Gasteiger partial charge is 0.481 e. The lowest BCUT2D eigenvalue weighted by Crippen LogP contribution is -2.58. The number of fused-ring (bicyclic) bond motifs is 9. The van der Waals surface area contributed by atoms with Crippen molar-refractivity contribution in [1.29, 1.82) is 0 Å². The number of ether oxygens (including phenoxy) is 1. The van der Waals surface area contributed by atoms with Crippen LogP contribution in [0.5, 0.6) is 5.88 Å². The standard InChI is InChI=1S/C24H16BN3O/c1-29-22-14-13-18-17-9-6-8-16-15-7-2-3-10-19(15)27-20-11-4-5-12-21(20)28(24(18)26-22)25(27)23(16)17/h2-14H,1H3. The van der Waals surface area contributed by atoms with Gasteiger partial charge in [0.15, 0.2) is 0 Å². The molecule has 4 heterocycles. The maximum atomic E-state index is 5.47. The summed E-state index contributed by atoms with van der Waals surface area (Å²) < 4.78 is 5.47. The first-order valence-electron chi connectivity index (χ1n) is 9.82. The normalized spacial score (nSPS) is 14.2. The summed E-state index contributed by atoms with van der Waals surface area (Å²) in [7, 11) is 1.67. The molecule has 0 aliphatic carbocycles. The molecule has 7 rings (SSSR count). The summed E-state index contributed by atoms with van der Waals surface area (Å²) in [4.78, 5) is 9.72. The molecule has 1 aromatic heterocycles. The molecule has 0 saturated heterocycles. The molecule has 0 unspecified atom stereocenters. The number of nitrogens with zero attached hydrogens (tertiary/aromatic N) is 3. The molecule has 0 radical (unpaired) electrons. The van der Waals surface area contributed by atoms with Crippen molar-refractivity contribution in [2.75, 3.05) is 16.7 Å². The highest BCUT2D eigenvalue weighted by molar-refractivity contribution is 6.88. The van der Waals surface area contributed by atoms with Gasteiger partial charge in [-0.05, 0) is 40.9 Å². The molecule has 0 atom stereocenters. The summed E-state index contributed by atoms with van der Waals surface area (Å²) in [5, 5.41) is 0. The van der Waals surface area contributed by atoms with Crippen LogP contribution in [-0.2, 0) is 0 Å². The van der Waals surface area contributed by atoms with Crippen molar-refractivity contribution >= 4 is 35.3 Å². The van der Waals surface area contributed by atoms with E-state index in [1.165, 1.54) is 39.2 Å². The Balaban J connectivity index is 1.67. The number of hydrogen-bond donors (Lipinski definition) is 0. The van der Waals surface area contributed by atoms with Gasteiger partial charge in [0, 0.05) is 22.9 Å². The van der Waals surface area contributed by atoms with E-state index < -0.39 is 0 Å². The lowest BCUT2D eigenvalue weighted by atomic mass is 9.55. The molecular weight excluding hydrogens is 357 g/mol. The quantitative estimate of drug-likeness (QED) is 0.451. The molecule has 4 nitrogen and oxygen atoms in total. The molecule has 3 aromatic carbocycles. The second kappa shape index (κ2) is 5.20. The van der Waals surface area contributed by atoms with E-state index in [0.29, 0.717) is 5.88 Å². The monoisotopic (exact) mass is 373 g/mol. The highest BCUT2D eigenvalue weighted by Gasteiger charge is 2.52. The fraction of sp³-hybridized carbons (Fsp3) is 0.0417. The molecule has 4 aromatic rings. The first-order chi connectivity index (χ1) is 14.4. The second-order valence-electron chi connectivity index (χ2n) is 7.61. The Morgan fingerprint density at radius 3 is 2.10 bits per heavy atom. The fourth-order valence-corrected chi connectivity index (χ4v) is 5.16. The Kier molecular flexibility index (Phi) is 2.73. The Labute approximate surface area is 169 Å². The number of rotatable bonds is 1. The predicted octanol–water partition coefficient (Wildman–Crippen LogP) is 4.74. The molecule has 0 N–H and O–H groups in total. The zero-order valence-electron chi connectivity index (χ0n) is 15.8.